The highest BCUT2D eigenvalue weighted by Crippen LogP contribution is 2.17. The van der Waals surface area contributed by atoms with Crippen LogP contribution in [0.5, 0.6) is 0 Å². The number of nitrogens with zero attached hydrogens (tertiary/aromatic N) is 3. The third-order valence-corrected chi connectivity index (χ3v) is 4.33. The Morgan fingerprint density at radius 2 is 2.29 bits per heavy atom. The van der Waals surface area contributed by atoms with E-state index >= 15 is 0 Å². The van der Waals surface area contributed by atoms with Crippen LogP contribution < -0.4 is 5.73 Å². The smallest absolute Gasteiger partial charge is 0.203 e. The summed E-state index contributed by atoms with van der Waals surface area (Å²) in [5.74, 6) is 0. The average molecular weight is 268 g/mol. The van der Waals surface area contributed by atoms with E-state index in [1.807, 2.05) is 11.3 Å². The molecule has 1 unspecified atom stereocenters. The third kappa shape index (κ3) is 3.49. The van der Waals surface area contributed by atoms with Crippen LogP contribution in [0.4, 0.5) is 5.13 Å². The first-order valence-electron chi connectivity index (χ1n) is 5.45. The van der Waals surface area contributed by atoms with Crippen molar-refractivity contribution in [3.63, 3.8) is 0 Å². The van der Waals surface area contributed by atoms with E-state index in [2.05, 4.69) is 46.6 Å². The van der Waals surface area contributed by atoms with Crippen LogP contribution in [0, 0.1) is 0 Å². The van der Waals surface area contributed by atoms with E-state index in [1.54, 1.807) is 0 Å². The van der Waals surface area contributed by atoms with Crippen LogP contribution in [0.25, 0.3) is 0 Å². The van der Waals surface area contributed by atoms with Gasteiger partial charge in [-0.15, -0.1) is 21.5 Å². The van der Waals surface area contributed by atoms with Crippen molar-refractivity contribution in [3.8, 4) is 0 Å². The van der Waals surface area contributed by atoms with Gasteiger partial charge in [0.05, 0.1) is 6.54 Å². The van der Waals surface area contributed by atoms with Crippen LogP contribution in [0.3, 0.4) is 0 Å². The van der Waals surface area contributed by atoms with Crippen LogP contribution in [0.15, 0.2) is 17.5 Å². The molecule has 0 aliphatic heterocycles. The summed E-state index contributed by atoms with van der Waals surface area (Å²) < 4.78 is 0. The fourth-order valence-corrected chi connectivity index (χ4v) is 3.07. The van der Waals surface area contributed by atoms with Gasteiger partial charge in [0.15, 0.2) is 0 Å². The van der Waals surface area contributed by atoms with Crippen molar-refractivity contribution in [2.45, 2.75) is 25.9 Å². The van der Waals surface area contributed by atoms with Gasteiger partial charge in [0.1, 0.15) is 5.01 Å². The lowest BCUT2D eigenvalue weighted by atomic mass is 10.2. The molecule has 0 aliphatic carbocycles. The van der Waals surface area contributed by atoms with Gasteiger partial charge in [0.2, 0.25) is 5.13 Å². The van der Waals surface area contributed by atoms with Crippen molar-refractivity contribution >= 4 is 27.8 Å². The minimum Gasteiger partial charge on any atom is -0.374 e. The highest BCUT2D eigenvalue weighted by Gasteiger charge is 2.13. The molecule has 92 valence electrons. The van der Waals surface area contributed by atoms with Gasteiger partial charge in [0.25, 0.3) is 0 Å². The number of rotatable bonds is 5. The predicted molar refractivity (Wildman–Crippen MR) is 73.3 cm³/mol. The molecule has 6 heteroatoms. The van der Waals surface area contributed by atoms with Crippen molar-refractivity contribution < 1.29 is 0 Å². The predicted octanol–water partition coefficient (Wildman–Crippen LogP) is 2.24. The van der Waals surface area contributed by atoms with E-state index in [0.717, 1.165) is 18.0 Å². The molecule has 17 heavy (non-hydrogen) atoms. The Balaban J connectivity index is 1.89. The summed E-state index contributed by atoms with van der Waals surface area (Å²) in [6.45, 7) is 3.03. The van der Waals surface area contributed by atoms with E-state index in [4.69, 9.17) is 5.73 Å². The number of aromatic nitrogens is 2. The fourth-order valence-electron chi connectivity index (χ4n) is 1.58. The second kappa shape index (κ2) is 5.57. The molecule has 0 saturated carbocycles. The maximum Gasteiger partial charge on any atom is 0.203 e. The number of hydrogen-bond acceptors (Lipinski definition) is 6. The standard InChI is InChI=1S/C11H16N4S2/c1-8(6-9-4-3-5-16-9)15(2)7-10-13-14-11(12)17-10/h3-5,8H,6-7H2,1-2H3,(H2,12,14). The molecule has 0 spiro atoms. The number of likely N-dealkylation sites (N-methyl/N-ethyl adjacent to an activating group) is 1. The SMILES string of the molecule is CC(Cc1cccs1)N(C)Cc1nnc(N)s1. The number of anilines is 1. The van der Waals surface area contributed by atoms with Crippen LogP contribution in [0.2, 0.25) is 0 Å². The second-order valence-corrected chi connectivity index (χ2v) is 6.21. The van der Waals surface area contributed by atoms with Crippen LogP contribution >= 0.6 is 22.7 Å². The normalized spacial score (nSPS) is 13.1. The van der Waals surface area contributed by atoms with Crippen molar-refractivity contribution in [2.24, 2.45) is 0 Å². The molecule has 0 saturated heterocycles. The molecule has 2 aromatic rings. The second-order valence-electron chi connectivity index (χ2n) is 4.08. The molecular weight excluding hydrogens is 252 g/mol. The first-order chi connectivity index (χ1) is 8.15. The topological polar surface area (TPSA) is 55.0 Å². The molecule has 4 nitrogen and oxygen atoms in total. The first-order valence-corrected chi connectivity index (χ1v) is 7.15. The summed E-state index contributed by atoms with van der Waals surface area (Å²) in [4.78, 5) is 3.70. The lowest BCUT2D eigenvalue weighted by molar-refractivity contribution is 0.248. The van der Waals surface area contributed by atoms with E-state index in [0.29, 0.717) is 11.2 Å². The molecular formula is C11H16N4S2. The van der Waals surface area contributed by atoms with Crippen molar-refractivity contribution in [2.75, 3.05) is 12.8 Å². The maximum absolute atomic E-state index is 5.57. The van der Waals surface area contributed by atoms with Crippen LogP contribution in [0.1, 0.15) is 16.8 Å². The summed E-state index contributed by atoms with van der Waals surface area (Å²) in [6.07, 6.45) is 1.07. The van der Waals surface area contributed by atoms with Crippen LogP contribution in [-0.4, -0.2) is 28.2 Å². The molecule has 0 aromatic carbocycles. The first kappa shape index (κ1) is 12.5. The van der Waals surface area contributed by atoms with Gasteiger partial charge in [0, 0.05) is 10.9 Å². The quantitative estimate of drug-likeness (QED) is 0.903. The summed E-state index contributed by atoms with van der Waals surface area (Å²) in [7, 11) is 2.11. The van der Waals surface area contributed by atoms with Crippen molar-refractivity contribution in [3.05, 3.63) is 27.4 Å². The zero-order valence-electron chi connectivity index (χ0n) is 9.96. The van der Waals surface area contributed by atoms with E-state index in [9.17, 15) is 0 Å². The van der Waals surface area contributed by atoms with Gasteiger partial charge < -0.3 is 5.73 Å². The zero-order valence-corrected chi connectivity index (χ0v) is 11.6. The number of thiophene rings is 1. The Kier molecular flexibility index (Phi) is 4.09. The zero-order chi connectivity index (χ0) is 12.3. The Bertz CT molecular complexity index is 452. The maximum atomic E-state index is 5.57. The number of nitrogens with two attached hydrogens (primary N) is 1. The highest BCUT2D eigenvalue weighted by molar-refractivity contribution is 7.15. The van der Waals surface area contributed by atoms with Gasteiger partial charge in [-0.3, -0.25) is 4.90 Å². The van der Waals surface area contributed by atoms with Gasteiger partial charge in [-0.2, -0.15) is 0 Å². The molecule has 2 N–H and O–H groups in total. The Morgan fingerprint density at radius 1 is 1.47 bits per heavy atom. The summed E-state index contributed by atoms with van der Waals surface area (Å²) >= 11 is 3.26. The molecule has 0 aliphatic rings. The molecule has 2 rings (SSSR count). The highest BCUT2D eigenvalue weighted by atomic mass is 32.1. The molecule has 2 aromatic heterocycles. The Labute approximate surface area is 109 Å². The minimum absolute atomic E-state index is 0.485. The summed E-state index contributed by atoms with van der Waals surface area (Å²) in [6, 6.07) is 4.76. The molecule has 1 atom stereocenters. The lowest BCUT2D eigenvalue weighted by Gasteiger charge is -2.22. The minimum atomic E-state index is 0.485. The molecule has 0 bridgehead atoms. The van der Waals surface area contributed by atoms with Gasteiger partial charge in [-0.05, 0) is 31.8 Å². The summed E-state index contributed by atoms with van der Waals surface area (Å²) in [5.41, 5.74) is 5.57. The lowest BCUT2D eigenvalue weighted by Crippen LogP contribution is -2.30. The van der Waals surface area contributed by atoms with E-state index < -0.39 is 0 Å². The Morgan fingerprint density at radius 3 is 2.88 bits per heavy atom. The van der Waals surface area contributed by atoms with Gasteiger partial charge >= 0.3 is 0 Å². The van der Waals surface area contributed by atoms with Crippen LogP contribution in [-0.2, 0) is 13.0 Å². The van der Waals surface area contributed by atoms with Gasteiger partial charge in [-0.1, -0.05) is 17.4 Å². The van der Waals surface area contributed by atoms with Crippen molar-refractivity contribution in [1.82, 2.24) is 15.1 Å². The Hall–Kier alpha value is -0.980. The van der Waals surface area contributed by atoms with E-state index in [-0.39, 0.29) is 0 Å². The average Bonchev–Trinajstić information content (AvgIpc) is 2.90. The largest absolute Gasteiger partial charge is 0.374 e. The third-order valence-electron chi connectivity index (χ3n) is 2.70. The van der Waals surface area contributed by atoms with Gasteiger partial charge in [-0.25, -0.2) is 0 Å². The molecule has 2 heterocycles. The molecule has 0 amide bonds. The molecule has 0 radical (unpaired) electrons. The number of hydrogen-bond donors (Lipinski definition) is 1. The fraction of sp³-hybridized carbons (Fsp3) is 0.455. The number of nitrogen functional groups attached to an aromatic ring is 1. The summed E-state index contributed by atoms with van der Waals surface area (Å²) in [5, 5.41) is 11.5. The van der Waals surface area contributed by atoms with Crippen molar-refractivity contribution in [1.29, 1.82) is 0 Å². The molecule has 0 fully saturated rings. The van der Waals surface area contributed by atoms with E-state index in [1.165, 1.54) is 16.2 Å². The monoisotopic (exact) mass is 268 g/mol.